The lowest BCUT2D eigenvalue weighted by Gasteiger charge is -2.14. The number of thioether (sulfide) groups is 1. The summed E-state index contributed by atoms with van der Waals surface area (Å²) in [6.45, 7) is 11.9. The van der Waals surface area contributed by atoms with Crippen molar-refractivity contribution in [3.63, 3.8) is 0 Å². The third kappa shape index (κ3) is 6.38. The van der Waals surface area contributed by atoms with Crippen molar-refractivity contribution >= 4 is 23.4 Å². The maximum Gasteiger partial charge on any atom is 0.234 e. The highest BCUT2D eigenvalue weighted by atomic mass is 32.2. The van der Waals surface area contributed by atoms with Gasteiger partial charge in [0.15, 0.2) is 11.0 Å². The van der Waals surface area contributed by atoms with Crippen LogP contribution in [-0.2, 0) is 24.2 Å². The van der Waals surface area contributed by atoms with Gasteiger partial charge in [-0.2, -0.15) is 0 Å². The second-order valence-electron chi connectivity index (χ2n) is 8.27. The molecule has 0 radical (unpaired) electrons. The Morgan fingerprint density at radius 2 is 1.70 bits per heavy atom. The Kier molecular flexibility index (Phi) is 8.95. The van der Waals surface area contributed by atoms with Crippen molar-refractivity contribution in [1.29, 1.82) is 0 Å². The lowest BCUT2D eigenvalue weighted by Crippen LogP contribution is -2.17. The maximum atomic E-state index is 12.7. The van der Waals surface area contributed by atoms with E-state index in [9.17, 15) is 4.79 Å². The van der Waals surface area contributed by atoms with E-state index in [1.807, 2.05) is 28.8 Å². The molecule has 176 valence electrons. The molecule has 0 saturated heterocycles. The number of amides is 1. The number of nitrogens with one attached hydrogen (secondary N) is 1. The molecule has 6 nitrogen and oxygen atoms in total. The van der Waals surface area contributed by atoms with Gasteiger partial charge in [0, 0.05) is 17.8 Å². The number of carbonyl (C=O) groups excluding carboxylic acids is 1. The normalized spacial score (nSPS) is 11.1. The third-order valence-corrected chi connectivity index (χ3v) is 6.29. The predicted molar refractivity (Wildman–Crippen MR) is 136 cm³/mol. The van der Waals surface area contributed by atoms with Gasteiger partial charge in [0.2, 0.25) is 5.91 Å². The van der Waals surface area contributed by atoms with E-state index >= 15 is 0 Å². The van der Waals surface area contributed by atoms with Gasteiger partial charge in [0.25, 0.3) is 0 Å². The van der Waals surface area contributed by atoms with E-state index in [-0.39, 0.29) is 11.7 Å². The molecule has 3 aromatic rings. The van der Waals surface area contributed by atoms with Crippen LogP contribution in [0.3, 0.4) is 0 Å². The molecular weight excluding hydrogens is 432 g/mol. The quantitative estimate of drug-likeness (QED) is 0.359. The number of hydrogen-bond donors (Lipinski definition) is 1. The molecule has 7 heteroatoms. The summed E-state index contributed by atoms with van der Waals surface area (Å²) in [5.41, 5.74) is 4.24. The van der Waals surface area contributed by atoms with Gasteiger partial charge in [-0.15, -0.1) is 10.2 Å². The average molecular weight is 467 g/mol. The number of carbonyl (C=O) groups is 1. The monoisotopic (exact) mass is 466 g/mol. The smallest absolute Gasteiger partial charge is 0.234 e. The van der Waals surface area contributed by atoms with Gasteiger partial charge in [-0.05, 0) is 61.1 Å². The van der Waals surface area contributed by atoms with E-state index in [0.717, 1.165) is 58.5 Å². The largest absolute Gasteiger partial charge is 0.493 e. The summed E-state index contributed by atoms with van der Waals surface area (Å²) in [6.07, 6.45) is 1.76. The Labute approximate surface area is 201 Å². The molecular formula is C26H34N4O2S. The standard InChI is InChI=1S/C26H34N4O2S/c1-6-19-10-9-11-20(7-2)24(19)27-23(31)17-33-26-29-28-25(30(26)8-3)21-12-14-22(15-13-21)32-16-18(4)5/h9-15,18H,6-8,16-17H2,1-5H3,(H,27,31). The van der Waals surface area contributed by atoms with Crippen molar-refractivity contribution in [2.75, 3.05) is 17.7 Å². The highest BCUT2D eigenvalue weighted by Gasteiger charge is 2.16. The minimum Gasteiger partial charge on any atom is -0.493 e. The molecule has 33 heavy (non-hydrogen) atoms. The van der Waals surface area contributed by atoms with Crippen molar-refractivity contribution in [3.05, 3.63) is 53.6 Å². The van der Waals surface area contributed by atoms with Gasteiger partial charge in [0.05, 0.1) is 12.4 Å². The summed E-state index contributed by atoms with van der Waals surface area (Å²) < 4.78 is 7.82. The third-order valence-electron chi connectivity index (χ3n) is 5.32. The number of ether oxygens (including phenoxy) is 1. The van der Waals surface area contributed by atoms with Gasteiger partial charge in [-0.3, -0.25) is 4.79 Å². The Bertz CT molecular complexity index is 1040. The van der Waals surface area contributed by atoms with Crippen LogP contribution in [0, 0.1) is 5.92 Å². The van der Waals surface area contributed by atoms with Crippen molar-refractivity contribution in [2.45, 2.75) is 59.2 Å². The van der Waals surface area contributed by atoms with Gasteiger partial charge < -0.3 is 14.6 Å². The first-order valence-corrected chi connectivity index (χ1v) is 12.6. The number of hydrogen-bond acceptors (Lipinski definition) is 5. The van der Waals surface area contributed by atoms with Crippen LogP contribution in [0.15, 0.2) is 47.6 Å². The molecule has 0 fully saturated rings. The fourth-order valence-corrected chi connectivity index (χ4v) is 4.37. The molecule has 0 bridgehead atoms. The summed E-state index contributed by atoms with van der Waals surface area (Å²) >= 11 is 1.41. The number of anilines is 1. The fraction of sp³-hybridized carbons (Fsp3) is 0.423. The van der Waals surface area contributed by atoms with E-state index in [1.54, 1.807) is 0 Å². The molecule has 0 aliphatic heterocycles. The first-order valence-electron chi connectivity index (χ1n) is 11.7. The Morgan fingerprint density at radius 1 is 1.03 bits per heavy atom. The molecule has 0 aliphatic carbocycles. The first-order chi connectivity index (χ1) is 16.0. The molecule has 2 aromatic carbocycles. The van der Waals surface area contributed by atoms with Gasteiger partial charge in [0.1, 0.15) is 5.75 Å². The van der Waals surface area contributed by atoms with Gasteiger partial charge >= 0.3 is 0 Å². The van der Waals surface area contributed by atoms with E-state index < -0.39 is 0 Å². The van der Waals surface area contributed by atoms with Crippen LogP contribution in [0.2, 0.25) is 0 Å². The number of benzene rings is 2. The van der Waals surface area contributed by atoms with Crippen molar-refractivity contribution in [2.24, 2.45) is 5.92 Å². The second kappa shape index (κ2) is 11.9. The van der Waals surface area contributed by atoms with E-state index in [4.69, 9.17) is 4.74 Å². The Morgan fingerprint density at radius 3 is 2.27 bits per heavy atom. The summed E-state index contributed by atoms with van der Waals surface area (Å²) in [5.74, 6) is 2.37. The summed E-state index contributed by atoms with van der Waals surface area (Å²) in [6, 6.07) is 14.1. The van der Waals surface area contributed by atoms with E-state index in [0.29, 0.717) is 12.5 Å². The lowest BCUT2D eigenvalue weighted by atomic mass is 10.0. The zero-order chi connectivity index (χ0) is 23.8. The molecule has 0 unspecified atom stereocenters. The number of aromatic nitrogens is 3. The van der Waals surface area contributed by atoms with Crippen LogP contribution in [0.1, 0.15) is 45.7 Å². The zero-order valence-electron chi connectivity index (χ0n) is 20.2. The lowest BCUT2D eigenvalue weighted by molar-refractivity contribution is -0.113. The number of nitrogens with zero attached hydrogens (tertiary/aromatic N) is 3. The zero-order valence-corrected chi connectivity index (χ0v) is 21.0. The van der Waals surface area contributed by atoms with Crippen molar-refractivity contribution in [1.82, 2.24) is 14.8 Å². The molecule has 0 spiro atoms. The molecule has 1 heterocycles. The highest BCUT2D eigenvalue weighted by Crippen LogP contribution is 2.27. The maximum absolute atomic E-state index is 12.7. The molecule has 1 amide bonds. The molecule has 0 saturated carbocycles. The minimum absolute atomic E-state index is 0.0329. The van der Waals surface area contributed by atoms with E-state index in [2.05, 4.69) is 68.3 Å². The summed E-state index contributed by atoms with van der Waals surface area (Å²) in [4.78, 5) is 12.7. The molecule has 3 rings (SSSR count). The van der Waals surface area contributed by atoms with Crippen LogP contribution in [0.4, 0.5) is 5.69 Å². The second-order valence-corrected chi connectivity index (χ2v) is 9.22. The fourth-order valence-electron chi connectivity index (χ4n) is 3.57. The van der Waals surface area contributed by atoms with Crippen LogP contribution < -0.4 is 10.1 Å². The average Bonchev–Trinajstić information content (AvgIpc) is 3.24. The topological polar surface area (TPSA) is 69.0 Å². The SMILES string of the molecule is CCc1cccc(CC)c1NC(=O)CSc1nnc(-c2ccc(OCC(C)C)cc2)n1CC. The predicted octanol–water partition coefficient (Wildman–Crippen LogP) is 5.86. The van der Waals surface area contributed by atoms with Crippen LogP contribution in [-0.4, -0.2) is 33.0 Å². The highest BCUT2D eigenvalue weighted by molar-refractivity contribution is 7.99. The van der Waals surface area contributed by atoms with E-state index in [1.165, 1.54) is 11.8 Å². The molecule has 1 aromatic heterocycles. The molecule has 0 aliphatic rings. The molecule has 1 N–H and O–H groups in total. The molecule has 0 atom stereocenters. The minimum atomic E-state index is -0.0329. The number of para-hydroxylation sites is 1. The Balaban J connectivity index is 1.68. The van der Waals surface area contributed by atoms with Crippen molar-refractivity contribution < 1.29 is 9.53 Å². The summed E-state index contributed by atoms with van der Waals surface area (Å²) in [7, 11) is 0. The number of aryl methyl sites for hydroxylation is 2. The first kappa shape index (κ1) is 24.8. The van der Waals surface area contributed by atoms with Crippen LogP contribution in [0.25, 0.3) is 11.4 Å². The van der Waals surface area contributed by atoms with Crippen molar-refractivity contribution in [3.8, 4) is 17.1 Å². The van der Waals surface area contributed by atoms with Crippen LogP contribution >= 0.6 is 11.8 Å². The van der Waals surface area contributed by atoms with Crippen LogP contribution in [0.5, 0.6) is 5.75 Å². The van der Waals surface area contributed by atoms with Gasteiger partial charge in [-0.1, -0.05) is 57.7 Å². The summed E-state index contributed by atoms with van der Waals surface area (Å²) in [5, 5.41) is 12.6. The van der Waals surface area contributed by atoms with Gasteiger partial charge in [-0.25, -0.2) is 0 Å². The number of rotatable bonds is 11. The Hall–Kier alpha value is -2.80.